The molecule has 0 aliphatic carbocycles. The van der Waals surface area contributed by atoms with Crippen LogP contribution in [0.15, 0.2) is 46.9 Å². The summed E-state index contributed by atoms with van der Waals surface area (Å²) in [6, 6.07) is 14.2. The van der Waals surface area contributed by atoms with Crippen LogP contribution in [0.4, 0.5) is 11.4 Å². The Kier molecular flexibility index (Phi) is 4.45. The molecule has 2 rings (SSSR count). The van der Waals surface area contributed by atoms with Gasteiger partial charge in [0, 0.05) is 22.8 Å². The summed E-state index contributed by atoms with van der Waals surface area (Å²) in [5, 5.41) is 7.46. The number of anilines is 2. The van der Waals surface area contributed by atoms with Crippen molar-refractivity contribution in [3.05, 3.63) is 58.1 Å². The quantitative estimate of drug-likeness (QED) is 0.655. The minimum Gasteiger partial charge on any atom is -0.384 e. The van der Waals surface area contributed by atoms with Crippen LogP contribution < -0.4 is 10.6 Å². The third kappa shape index (κ3) is 3.02. The molecule has 0 saturated heterocycles. The number of nitrogen functional groups attached to an aromatic ring is 1. The third-order valence-corrected chi connectivity index (χ3v) is 3.99. The normalized spacial score (nSPS) is 10.3. The molecule has 2 aromatic rings. The molecule has 20 heavy (non-hydrogen) atoms. The predicted molar refractivity (Wildman–Crippen MR) is 89.0 cm³/mol. The van der Waals surface area contributed by atoms with Gasteiger partial charge in [0.2, 0.25) is 0 Å². The molecule has 0 saturated carbocycles. The molecule has 0 radical (unpaired) electrons. The zero-order valence-corrected chi connectivity index (χ0v) is 13.2. The van der Waals surface area contributed by atoms with Gasteiger partial charge in [-0.1, -0.05) is 19.1 Å². The van der Waals surface area contributed by atoms with Crippen LogP contribution in [0.25, 0.3) is 0 Å². The fourth-order valence-corrected chi connectivity index (χ4v) is 2.69. The fourth-order valence-electron chi connectivity index (χ4n) is 2.04. The van der Waals surface area contributed by atoms with Gasteiger partial charge in [0.1, 0.15) is 5.84 Å². The van der Waals surface area contributed by atoms with E-state index < -0.39 is 0 Å². The first-order chi connectivity index (χ1) is 9.52. The maximum absolute atomic E-state index is 7.46. The number of hydrogen-bond donors (Lipinski definition) is 2. The number of benzene rings is 2. The second-order valence-corrected chi connectivity index (χ2v) is 5.51. The summed E-state index contributed by atoms with van der Waals surface area (Å²) in [4.78, 5) is 2.10. The first kappa shape index (κ1) is 14.6. The summed E-state index contributed by atoms with van der Waals surface area (Å²) in [6.45, 7) is 2.15. The molecular weight excluding hydrogens is 314 g/mol. The first-order valence-electron chi connectivity index (χ1n) is 6.49. The van der Waals surface area contributed by atoms with E-state index in [1.54, 1.807) is 0 Å². The lowest BCUT2D eigenvalue weighted by Crippen LogP contribution is -2.13. The van der Waals surface area contributed by atoms with Crippen molar-refractivity contribution in [3.8, 4) is 0 Å². The maximum atomic E-state index is 7.46. The number of nitrogens with one attached hydrogen (secondary N) is 1. The molecule has 0 aromatic heterocycles. The van der Waals surface area contributed by atoms with E-state index in [0.29, 0.717) is 0 Å². The molecular formula is C16H18BrN3. The molecule has 0 aliphatic rings. The summed E-state index contributed by atoms with van der Waals surface area (Å²) in [6.07, 6.45) is 1.04. The molecule has 104 valence electrons. The van der Waals surface area contributed by atoms with Gasteiger partial charge in [0.25, 0.3) is 0 Å². The van der Waals surface area contributed by atoms with Crippen molar-refractivity contribution in [2.75, 3.05) is 11.9 Å². The van der Waals surface area contributed by atoms with E-state index in [9.17, 15) is 0 Å². The van der Waals surface area contributed by atoms with Gasteiger partial charge < -0.3 is 10.6 Å². The molecule has 0 atom stereocenters. The molecule has 0 amide bonds. The molecule has 3 N–H and O–H groups in total. The van der Waals surface area contributed by atoms with Crippen LogP contribution in [0.5, 0.6) is 0 Å². The molecule has 0 unspecified atom stereocenters. The van der Waals surface area contributed by atoms with Crippen LogP contribution in [0.1, 0.15) is 18.1 Å². The number of nitrogens with zero attached hydrogens (tertiary/aromatic N) is 1. The van der Waals surface area contributed by atoms with Crippen molar-refractivity contribution >= 4 is 33.1 Å². The number of amidine groups is 1. The Morgan fingerprint density at radius 2 is 1.85 bits per heavy atom. The average Bonchev–Trinajstić information content (AvgIpc) is 2.46. The molecule has 0 bridgehead atoms. The van der Waals surface area contributed by atoms with E-state index in [1.807, 2.05) is 25.2 Å². The lowest BCUT2D eigenvalue weighted by atomic mass is 10.1. The molecule has 0 aliphatic heterocycles. The van der Waals surface area contributed by atoms with E-state index >= 15 is 0 Å². The first-order valence-corrected chi connectivity index (χ1v) is 7.29. The molecule has 2 aromatic carbocycles. The monoisotopic (exact) mass is 331 g/mol. The lowest BCUT2D eigenvalue weighted by molar-refractivity contribution is 1.13. The van der Waals surface area contributed by atoms with Crippen molar-refractivity contribution in [3.63, 3.8) is 0 Å². The van der Waals surface area contributed by atoms with Gasteiger partial charge in [-0.25, -0.2) is 0 Å². The highest BCUT2D eigenvalue weighted by atomic mass is 79.9. The number of hydrogen-bond acceptors (Lipinski definition) is 2. The van der Waals surface area contributed by atoms with Gasteiger partial charge in [-0.15, -0.1) is 0 Å². The van der Waals surface area contributed by atoms with Crippen LogP contribution in [0.2, 0.25) is 0 Å². The Balaban J connectivity index is 2.32. The molecule has 0 spiro atoms. The zero-order valence-electron chi connectivity index (χ0n) is 11.7. The number of aryl methyl sites for hydroxylation is 1. The van der Waals surface area contributed by atoms with E-state index in [0.717, 1.165) is 27.8 Å². The zero-order chi connectivity index (χ0) is 14.7. The molecule has 0 fully saturated rings. The number of rotatable bonds is 4. The highest BCUT2D eigenvalue weighted by molar-refractivity contribution is 9.10. The topological polar surface area (TPSA) is 53.1 Å². The summed E-state index contributed by atoms with van der Waals surface area (Å²) in [7, 11) is 2.02. The highest BCUT2D eigenvalue weighted by Crippen LogP contribution is 2.31. The number of nitrogens with two attached hydrogens (primary N) is 1. The van der Waals surface area contributed by atoms with Crippen LogP contribution in [0.3, 0.4) is 0 Å². The fraction of sp³-hybridized carbons (Fsp3) is 0.188. The van der Waals surface area contributed by atoms with Crippen molar-refractivity contribution in [1.82, 2.24) is 0 Å². The van der Waals surface area contributed by atoms with Crippen LogP contribution in [-0.2, 0) is 6.42 Å². The largest absolute Gasteiger partial charge is 0.384 e. The Morgan fingerprint density at radius 3 is 2.35 bits per heavy atom. The minimum atomic E-state index is 0.0761. The van der Waals surface area contributed by atoms with Gasteiger partial charge in [-0.2, -0.15) is 0 Å². The van der Waals surface area contributed by atoms with E-state index in [-0.39, 0.29) is 5.84 Å². The van der Waals surface area contributed by atoms with E-state index in [2.05, 4.69) is 52.0 Å². The van der Waals surface area contributed by atoms with Crippen LogP contribution in [0, 0.1) is 5.41 Å². The van der Waals surface area contributed by atoms with Gasteiger partial charge >= 0.3 is 0 Å². The van der Waals surface area contributed by atoms with Crippen molar-refractivity contribution in [2.45, 2.75) is 13.3 Å². The second-order valence-electron chi connectivity index (χ2n) is 4.66. The second kappa shape index (κ2) is 6.09. The van der Waals surface area contributed by atoms with E-state index in [4.69, 9.17) is 11.1 Å². The minimum absolute atomic E-state index is 0.0761. The standard InChI is InChI=1S/C16H18BrN3/c1-3-11-4-7-13(8-5-11)20(2)15-9-6-12(16(18)19)10-14(15)17/h4-10H,3H2,1-2H3,(H3,18,19). The predicted octanol–water partition coefficient (Wildman–Crippen LogP) is 4.06. The van der Waals surface area contributed by atoms with Gasteiger partial charge in [0.15, 0.2) is 0 Å². The molecule has 3 nitrogen and oxygen atoms in total. The average molecular weight is 332 g/mol. The van der Waals surface area contributed by atoms with Crippen molar-refractivity contribution in [1.29, 1.82) is 5.41 Å². The SMILES string of the molecule is CCc1ccc(N(C)c2ccc(C(=N)N)cc2Br)cc1. The van der Waals surface area contributed by atoms with Gasteiger partial charge in [-0.05, 0) is 58.2 Å². The Labute approximate surface area is 128 Å². The summed E-state index contributed by atoms with van der Waals surface area (Å²) in [5.74, 6) is 0.0761. The highest BCUT2D eigenvalue weighted by Gasteiger charge is 2.09. The summed E-state index contributed by atoms with van der Waals surface area (Å²) >= 11 is 3.55. The summed E-state index contributed by atoms with van der Waals surface area (Å²) in [5.41, 5.74) is 9.71. The van der Waals surface area contributed by atoms with Crippen LogP contribution >= 0.6 is 15.9 Å². The lowest BCUT2D eigenvalue weighted by Gasteiger charge is -2.21. The van der Waals surface area contributed by atoms with Gasteiger partial charge in [0.05, 0.1) is 5.69 Å². The molecule has 4 heteroatoms. The van der Waals surface area contributed by atoms with Crippen LogP contribution in [-0.4, -0.2) is 12.9 Å². The maximum Gasteiger partial charge on any atom is 0.122 e. The van der Waals surface area contributed by atoms with Crippen molar-refractivity contribution in [2.24, 2.45) is 5.73 Å². The van der Waals surface area contributed by atoms with E-state index in [1.165, 1.54) is 5.56 Å². The van der Waals surface area contributed by atoms with Gasteiger partial charge in [-0.3, -0.25) is 5.41 Å². The Morgan fingerprint density at radius 1 is 1.20 bits per heavy atom. The molecule has 0 heterocycles. The van der Waals surface area contributed by atoms with Crippen molar-refractivity contribution < 1.29 is 0 Å². The summed E-state index contributed by atoms with van der Waals surface area (Å²) < 4.78 is 0.923. The number of halogens is 1. The third-order valence-electron chi connectivity index (χ3n) is 3.35. The Hall–Kier alpha value is -1.81. The smallest absolute Gasteiger partial charge is 0.122 e. The Bertz CT molecular complexity index is 620.